The molecule has 2 aliphatic heterocycles. The van der Waals surface area contributed by atoms with Crippen LogP contribution in [0.3, 0.4) is 0 Å². The lowest BCUT2D eigenvalue weighted by atomic mass is 10.0. The topological polar surface area (TPSA) is 143 Å². The lowest BCUT2D eigenvalue weighted by Crippen LogP contribution is -2.70. The Morgan fingerprint density at radius 3 is 2.65 bits per heavy atom. The number of aryl methyl sites for hydroxylation is 1. The van der Waals surface area contributed by atoms with Gasteiger partial charge in [0.1, 0.15) is 22.8 Å². The van der Waals surface area contributed by atoms with E-state index in [2.05, 4.69) is 10.3 Å². The quantitative estimate of drug-likeness (QED) is 0.250. The summed E-state index contributed by atoms with van der Waals surface area (Å²) in [7, 11) is 0. The third-order valence-electron chi connectivity index (χ3n) is 5.09. The van der Waals surface area contributed by atoms with Crippen molar-refractivity contribution in [1.29, 1.82) is 0 Å². The zero-order valence-electron chi connectivity index (χ0n) is 17.8. The number of aromatic nitrogens is 1. The molecule has 0 bridgehead atoms. The number of aliphatic carboxylic acids is 1. The summed E-state index contributed by atoms with van der Waals surface area (Å²) in [5, 5.41) is 12.6. The summed E-state index contributed by atoms with van der Waals surface area (Å²) in [5.41, 5.74) is 6.34. The van der Waals surface area contributed by atoms with Gasteiger partial charge < -0.3 is 16.2 Å². The van der Waals surface area contributed by atoms with E-state index in [-0.39, 0.29) is 23.7 Å². The smallest absolute Gasteiger partial charge is 0.353 e. The largest absolute Gasteiger partial charge is 0.477 e. The number of carboxylic acid groups (broad SMARTS) is 1. The number of benzene rings is 1. The van der Waals surface area contributed by atoms with Crippen molar-refractivity contribution in [3.63, 3.8) is 0 Å². The number of thiazole rings is 1. The number of carboxylic acids is 1. The van der Waals surface area contributed by atoms with Crippen molar-refractivity contribution in [2.24, 2.45) is 5.73 Å². The Bertz CT molecular complexity index is 1180. The molecule has 0 unspecified atom stereocenters. The summed E-state index contributed by atoms with van der Waals surface area (Å²) in [6, 6.07) is 8.45. The van der Waals surface area contributed by atoms with Gasteiger partial charge in [-0.05, 0) is 12.5 Å². The third kappa shape index (κ3) is 5.11. The molecule has 2 atom stereocenters. The summed E-state index contributed by atoms with van der Waals surface area (Å²) < 4.78 is 0.666. The number of amides is 3. The van der Waals surface area contributed by atoms with Crippen LogP contribution in [0.5, 0.6) is 0 Å². The maximum absolute atomic E-state index is 12.8. The summed E-state index contributed by atoms with van der Waals surface area (Å²) in [6.45, 7) is 1.77. The lowest BCUT2D eigenvalue weighted by molar-refractivity contribution is -0.150. The number of hydrogen-bond donors (Lipinski definition) is 3. The molecule has 1 fully saturated rings. The summed E-state index contributed by atoms with van der Waals surface area (Å²) >= 11 is 5.47. The van der Waals surface area contributed by atoms with Crippen molar-refractivity contribution in [1.82, 2.24) is 15.2 Å². The molecule has 178 valence electrons. The number of nitrogens with zero attached hydrogens (tertiary/aromatic N) is 2. The molecule has 1 aromatic heterocycles. The van der Waals surface area contributed by atoms with E-state index in [0.717, 1.165) is 10.4 Å². The summed E-state index contributed by atoms with van der Waals surface area (Å²) in [6.07, 6.45) is 0.148. The van der Waals surface area contributed by atoms with E-state index in [9.17, 15) is 24.3 Å². The maximum Gasteiger partial charge on any atom is 0.353 e. The standard InChI is InChI=1S/C21H20N4O5S4/c1-10-14(17(22)27)24-21(34-10)33-9-32-12-8-31-19-15(18(28)25(19)16(12)20(29)30)23-13(26)7-11-5-3-2-4-6-11/h2-6,15,19H,7-9H2,1H3,(H2,22,27)(H,23,26)(H,29,30)/t15-,19+/m1/s1. The van der Waals surface area contributed by atoms with E-state index in [4.69, 9.17) is 5.73 Å². The van der Waals surface area contributed by atoms with Crippen LogP contribution in [-0.4, -0.2) is 60.9 Å². The highest BCUT2D eigenvalue weighted by atomic mass is 32.2. The molecule has 4 N–H and O–H groups in total. The molecule has 0 saturated carbocycles. The predicted molar refractivity (Wildman–Crippen MR) is 134 cm³/mol. The van der Waals surface area contributed by atoms with Crippen molar-refractivity contribution in [3.8, 4) is 0 Å². The number of primary amides is 1. The fourth-order valence-corrected chi connectivity index (χ4v) is 8.62. The molecule has 13 heteroatoms. The second kappa shape index (κ2) is 10.4. The molecular formula is C21H20N4O5S4. The van der Waals surface area contributed by atoms with Gasteiger partial charge in [-0.1, -0.05) is 42.1 Å². The number of β-lactam (4-membered cyclic amide) rings is 1. The fourth-order valence-electron chi connectivity index (χ4n) is 3.52. The molecular weight excluding hydrogens is 517 g/mol. The first-order chi connectivity index (χ1) is 16.3. The van der Waals surface area contributed by atoms with Gasteiger partial charge in [0.05, 0.1) is 11.5 Å². The van der Waals surface area contributed by atoms with Crippen LogP contribution in [-0.2, 0) is 20.8 Å². The van der Waals surface area contributed by atoms with Gasteiger partial charge in [-0.3, -0.25) is 19.3 Å². The number of nitrogens with one attached hydrogen (secondary N) is 1. The van der Waals surface area contributed by atoms with Gasteiger partial charge in [-0.15, -0.1) is 34.9 Å². The Labute approximate surface area is 211 Å². The van der Waals surface area contributed by atoms with Crippen molar-refractivity contribution in [2.75, 3.05) is 10.8 Å². The second-order valence-electron chi connectivity index (χ2n) is 7.35. The first kappa shape index (κ1) is 24.6. The van der Waals surface area contributed by atoms with Crippen LogP contribution in [0.4, 0.5) is 0 Å². The van der Waals surface area contributed by atoms with Gasteiger partial charge >= 0.3 is 5.97 Å². The molecule has 1 aromatic carbocycles. The van der Waals surface area contributed by atoms with E-state index in [1.165, 1.54) is 51.5 Å². The maximum atomic E-state index is 12.8. The van der Waals surface area contributed by atoms with Crippen LogP contribution in [0, 0.1) is 6.92 Å². The Balaban J connectivity index is 1.39. The van der Waals surface area contributed by atoms with Crippen LogP contribution in [0.15, 0.2) is 45.3 Å². The molecule has 0 spiro atoms. The number of fused-ring (bicyclic) bond motifs is 1. The van der Waals surface area contributed by atoms with Gasteiger partial charge in [0, 0.05) is 15.5 Å². The van der Waals surface area contributed by atoms with Crippen LogP contribution in [0.1, 0.15) is 20.9 Å². The minimum absolute atomic E-state index is 0.0407. The van der Waals surface area contributed by atoms with Gasteiger partial charge in [-0.25, -0.2) is 9.78 Å². The van der Waals surface area contributed by atoms with Crippen molar-refractivity contribution in [2.45, 2.75) is 29.1 Å². The van der Waals surface area contributed by atoms with Crippen molar-refractivity contribution < 1.29 is 24.3 Å². The van der Waals surface area contributed by atoms with Gasteiger partial charge in [-0.2, -0.15) is 0 Å². The van der Waals surface area contributed by atoms with E-state index in [1.807, 2.05) is 30.3 Å². The number of carbonyl (C=O) groups excluding carboxylic acids is 3. The second-order valence-corrected chi connectivity index (χ2v) is 12.3. The first-order valence-corrected chi connectivity index (χ1v) is 13.9. The van der Waals surface area contributed by atoms with Gasteiger partial charge in [0.2, 0.25) is 5.91 Å². The molecule has 1 saturated heterocycles. The van der Waals surface area contributed by atoms with Crippen molar-refractivity contribution in [3.05, 3.63) is 57.1 Å². The van der Waals surface area contributed by atoms with Crippen molar-refractivity contribution >= 4 is 70.3 Å². The Morgan fingerprint density at radius 1 is 1.26 bits per heavy atom. The Kier molecular flexibility index (Phi) is 7.55. The van der Waals surface area contributed by atoms with Gasteiger partial charge in [0.25, 0.3) is 11.8 Å². The number of carbonyl (C=O) groups is 4. The number of rotatable bonds is 9. The number of hydrogen-bond acceptors (Lipinski definition) is 9. The first-order valence-electron chi connectivity index (χ1n) is 10.0. The van der Waals surface area contributed by atoms with Crippen LogP contribution in [0.25, 0.3) is 0 Å². The SMILES string of the molecule is Cc1sc(SCSC2=C(C(=O)O)N3C(=O)[C@@H](NC(=O)Cc4ccccc4)[C@@H]3SC2)nc1C(N)=O. The monoisotopic (exact) mass is 536 g/mol. The normalized spacial score (nSPS) is 19.4. The molecule has 3 heterocycles. The molecule has 4 rings (SSSR count). The summed E-state index contributed by atoms with van der Waals surface area (Å²) in [4.78, 5) is 55.3. The zero-order chi connectivity index (χ0) is 24.4. The fraction of sp³-hybridized carbons (Fsp3) is 0.286. The summed E-state index contributed by atoms with van der Waals surface area (Å²) in [5.74, 6) is -2.06. The number of nitrogens with two attached hydrogens (primary N) is 1. The molecule has 0 aliphatic carbocycles. The highest BCUT2D eigenvalue weighted by Gasteiger charge is 2.54. The third-order valence-corrected chi connectivity index (χ3v) is 9.88. The average Bonchev–Trinajstić information content (AvgIpc) is 3.18. The predicted octanol–water partition coefficient (Wildman–Crippen LogP) is 2.27. The van der Waals surface area contributed by atoms with Crippen LogP contribution >= 0.6 is 46.6 Å². The lowest BCUT2D eigenvalue weighted by Gasteiger charge is -2.49. The van der Waals surface area contributed by atoms with E-state index >= 15 is 0 Å². The molecule has 34 heavy (non-hydrogen) atoms. The highest BCUT2D eigenvalue weighted by molar-refractivity contribution is 8.18. The van der Waals surface area contributed by atoms with E-state index in [1.54, 1.807) is 6.92 Å². The Hall–Kier alpha value is -2.48. The van der Waals surface area contributed by atoms with E-state index < -0.39 is 29.2 Å². The zero-order valence-corrected chi connectivity index (χ0v) is 21.1. The highest BCUT2D eigenvalue weighted by Crippen LogP contribution is 2.44. The van der Waals surface area contributed by atoms with Crippen LogP contribution in [0.2, 0.25) is 0 Å². The molecule has 3 amide bonds. The minimum Gasteiger partial charge on any atom is -0.477 e. The number of thioether (sulfide) groups is 3. The minimum atomic E-state index is -1.18. The molecule has 9 nitrogen and oxygen atoms in total. The van der Waals surface area contributed by atoms with Crippen LogP contribution < -0.4 is 11.1 Å². The van der Waals surface area contributed by atoms with E-state index in [0.29, 0.717) is 20.1 Å². The average molecular weight is 537 g/mol. The van der Waals surface area contributed by atoms with Gasteiger partial charge in [0.15, 0.2) is 4.34 Å². The molecule has 0 radical (unpaired) electrons. The molecule has 2 aliphatic rings. The Morgan fingerprint density at radius 2 is 2.00 bits per heavy atom. The molecule has 2 aromatic rings.